The summed E-state index contributed by atoms with van der Waals surface area (Å²) in [4.78, 5) is 2.59. The zero-order valence-corrected chi connectivity index (χ0v) is 10.2. The molecule has 0 amide bonds. The van der Waals surface area contributed by atoms with Gasteiger partial charge >= 0.3 is 0 Å². The van der Waals surface area contributed by atoms with Crippen molar-refractivity contribution < 1.29 is 4.74 Å². The molecule has 0 aliphatic carbocycles. The molecule has 0 saturated carbocycles. The Kier molecular flexibility index (Phi) is 3.65. The molecule has 2 aliphatic heterocycles. The van der Waals surface area contributed by atoms with E-state index in [0.717, 1.165) is 13.2 Å². The van der Waals surface area contributed by atoms with Crippen molar-refractivity contribution in [3.63, 3.8) is 0 Å². The van der Waals surface area contributed by atoms with Crippen LogP contribution in [0.1, 0.15) is 33.6 Å². The summed E-state index contributed by atoms with van der Waals surface area (Å²) in [5.74, 6) is 0. The first kappa shape index (κ1) is 11.4. The van der Waals surface area contributed by atoms with E-state index in [-0.39, 0.29) is 0 Å². The summed E-state index contributed by atoms with van der Waals surface area (Å²) in [7, 11) is 0. The van der Waals surface area contributed by atoms with Gasteiger partial charge in [-0.05, 0) is 33.6 Å². The molecule has 0 aromatic rings. The van der Waals surface area contributed by atoms with Gasteiger partial charge in [-0.3, -0.25) is 4.90 Å². The summed E-state index contributed by atoms with van der Waals surface area (Å²) >= 11 is 0. The van der Waals surface area contributed by atoms with Crippen LogP contribution in [-0.4, -0.2) is 48.8 Å². The first-order chi connectivity index (χ1) is 7.18. The molecule has 0 aromatic heterocycles. The lowest BCUT2D eigenvalue weighted by Crippen LogP contribution is -2.46. The first-order valence-electron chi connectivity index (χ1n) is 6.28. The number of likely N-dealkylation sites (tertiary alicyclic amines) is 1. The Morgan fingerprint density at radius 3 is 2.67 bits per heavy atom. The standard InChI is InChI=1S/C12H24N2O/c1-9(2)14-6-4-12(10(14)3)13-11-5-7-15-8-11/h9-13H,4-8H2,1-3H3. The van der Waals surface area contributed by atoms with E-state index in [4.69, 9.17) is 4.74 Å². The Bertz CT molecular complexity index is 202. The topological polar surface area (TPSA) is 24.5 Å². The molecule has 1 N–H and O–H groups in total. The fourth-order valence-electron chi connectivity index (χ4n) is 2.88. The second-order valence-corrected chi connectivity index (χ2v) is 5.19. The van der Waals surface area contributed by atoms with Crippen LogP contribution in [-0.2, 0) is 4.74 Å². The summed E-state index contributed by atoms with van der Waals surface area (Å²) in [5, 5.41) is 3.75. The Labute approximate surface area is 93.2 Å². The van der Waals surface area contributed by atoms with Gasteiger partial charge in [0.2, 0.25) is 0 Å². The van der Waals surface area contributed by atoms with Crippen LogP contribution < -0.4 is 5.32 Å². The predicted molar refractivity (Wildman–Crippen MR) is 62.1 cm³/mol. The third-order valence-electron chi connectivity index (χ3n) is 3.85. The van der Waals surface area contributed by atoms with Crippen LogP contribution in [0, 0.1) is 0 Å². The van der Waals surface area contributed by atoms with Gasteiger partial charge in [0.1, 0.15) is 0 Å². The number of hydrogen-bond donors (Lipinski definition) is 1. The van der Waals surface area contributed by atoms with Crippen molar-refractivity contribution in [2.75, 3.05) is 19.8 Å². The fourth-order valence-corrected chi connectivity index (χ4v) is 2.88. The third-order valence-corrected chi connectivity index (χ3v) is 3.85. The van der Waals surface area contributed by atoms with E-state index < -0.39 is 0 Å². The lowest BCUT2D eigenvalue weighted by Gasteiger charge is -2.29. The summed E-state index contributed by atoms with van der Waals surface area (Å²) in [6.45, 7) is 10.0. The van der Waals surface area contributed by atoms with Crippen molar-refractivity contribution in [1.82, 2.24) is 10.2 Å². The average Bonchev–Trinajstić information content (AvgIpc) is 2.78. The van der Waals surface area contributed by atoms with E-state index >= 15 is 0 Å². The van der Waals surface area contributed by atoms with E-state index in [0.29, 0.717) is 24.2 Å². The molecule has 2 aliphatic rings. The van der Waals surface area contributed by atoms with Gasteiger partial charge in [0, 0.05) is 37.3 Å². The highest BCUT2D eigenvalue weighted by atomic mass is 16.5. The normalized spacial score (nSPS) is 38.0. The van der Waals surface area contributed by atoms with Crippen LogP contribution in [0.4, 0.5) is 0 Å². The highest BCUT2D eigenvalue weighted by molar-refractivity contribution is 4.92. The molecule has 15 heavy (non-hydrogen) atoms. The number of ether oxygens (including phenoxy) is 1. The van der Waals surface area contributed by atoms with Crippen LogP contribution >= 0.6 is 0 Å². The number of rotatable bonds is 3. The maximum absolute atomic E-state index is 5.40. The zero-order chi connectivity index (χ0) is 10.8. The van der Waals surface area contributed by atoms with Gasteiger partial charge < -0.3 is 10.1 Å². The molecular weight excluding hydrogens is 188 g/mol. The third kappa shape index (κ3) is 2.52. The molecule has 2 rings (SSSR count). The van der Waals surface area contributed by atoms with Crippen LogP contribution in [0.3, 0.4) is 0 Å². The van der Waals surface area contributed by atoms with Crippen molar-refractivity contribution in [1.29, 1.82) is 0 Å². The molecule has 2 heterocycles. The number of nitrogens with zero attached hydrogens (tertiary/aromatic N) is 1. The van der Waals surface area contributed by atoms with Gasteiger partial charge in [0.15, 0.2) is 0 Å². The Hall–Kier alpha value is -0.120. The summed E-state index contributed by atoms with van der Waals surface area (Å²) < 4.78 is 5.40. The van der Waals surface area contributed by atoms with Crippen LogP contribution in [0.25, 0.3) is 0 Å². The van der Waals surface area contributed by atoms with E-state index in [1.165, 1.54) is 19.4 Å². The Morgan fingerprint density at radius 1 is 1.33 bits per heavy atom. The molecule has 0 aromatic carbocycles. The van der Waals surface area contributed by atoms with E-state index in [9.17, 15) is 0 Å². The Balaban J connectivity index is 1.83. The van der Waals surface area contributed by atoms with Crippen molar-refractivity contribution in [2.45, 2.75) is 57.8 Å². The lowest BCUT2D eigenvalue weighted by atomic mass is 10.1. The highest BCUT2D eigenvalue weighted by Crippen LogP contribution is 2.21. The molecule has 0 radical (unpaired) electrons. The maximum atomic E-state index is 5.40. The van der Waals surface area contributed by atoms with E-state index in [1.54, 1.807) is 0 Å². The number of hydrogen-bond acceptors (Lipinski definition) is 3. The molecule has 3 atom stereocenters. The van der Waals surface area contributed by atoms with Crippen molar-refractivity contribution in [3.05, 3.63) is 0 Å². The smallest absolute Gasteiger partial charge is 0.0620 e. The maximum Gasteiger partial charge on any atom is 0.0620 e. The minimum absolute atomic E-state index is 0.601. The van der Waals surface area contributed by atoms with Gasteiger partial charge in [0.05, 0.1) is 6.61 Å². The summed E-state index contributed by atoms with van der Waals surface area (Å²) in [6, 6.07) is 2.61. The molecule has 0 bridgehead atoms. The summed E-state index contributed by atoms with van der Waals surface area (Å²) in [5.41, 5.74) is 0. The van der Waals surface area contributed by atoms with Gasteiger partial charge in [-0.15, -0.1) is 0 Å². The predicted octanol–water partition coefficient (Wildman–Crippen LogP) is 1.24. The second kappa shape index (κ2) is 4.81. The molecule has 3 heteroatoms. The van der Waals surface area contributed by atoms with Crippen LogP contribution in [0.15, 0.2) is 0 Å². The fraction of sp³-hybridized carbons (Fsp3) is 1.00. The zero-order valence-electron chi connectivity index (χ0n) is 10.2. The van der Waals surface area contributed by atoms with Crippen molar-refractivity contribution >= 4 is 0 Å². The number of nitrogens with one attached hydrogen (secondary N) is 1. The monoisotopic (exact) mass is 212 g/mol. The average molecular weight is 212 g/mol. The van der Waals surface area contributed by atoms with Gasteiger partial charge in [-0.1, -0.05) is 0 Å². The van der Waals surface area contributed by atoms with Crippen molar-refractivity contribution in [2.24, 2.45) is 0 Å². The highest BCUT2D eigenvalue weighted by Gasteiger charge is 2.33. The van der Waals surface area contributed by atoms with Gasteiger partial charge in [0.25, 0.3) is 0 Å². The largest absolute Gasteiger partial charge is 0.380 e. The summed E-state index contributed by atoms with van der Waals surface area (Å²) in [6.07, 6.45) is 2.47. The van der Waals surface area contributed by atoms with E-state index in [1.807, 2.05) is 0 Å². The second-order valence-electron chi connectivity index (χ2n) is 5.19. The molecule has 3 nitrogen and oxygen atoms in total. The minimum Gasteiger partial charge on any atom is -0.380 e. The van der Waals surface area contributed by atoms with Crippen molar-refractivity contribution in [3.8, 4) is 0 Å². The minimum atomic E-state index is 0.601. The molecule has 2 fully saturated rings. The molecule has 88 valence electrons. The van der Waals surface area contributed by atoms with Crippen LogP contribution in [0.5, 0.6) is 0 Å². The lowest BCUT2D eigenvalue weighted by molar-refractivity contribution is 0.178. The molecular formula is C12H24N2O. The Morgan fingerprint density at radius 2 is 2.13 bits per heavy atom. The first-order valence-corrected chi connectivity index (χ1v) is 6.28. The van der Waals surface area contributed by atoms with Gasteiger partial charge in [-0.25, -0.2) is 0 Å². The quantitative estimate of drug-likeness (QED) is 0.761. The molecule has 2 saturated heterocycles. The SMILES string of the molecule is CC(C)N1CCC(NC2CCOC2)C1C. The molecule has 0 spiro atoms. The molecule has 3 unspecified atom stereocenters. The van der Waals surface area contributed by atoms with Gasteiger partial charge in [-0.2, -0.15) is 0 Å². The van der Waals surface area contributed by atoms with E-state index in [2.05, 4.69) is 31.0 Å². The van der Waals surface area contributed by atoms with Crippen LogP contribution in [0.2, 0.25) is 0 Å².